The molecule has 88 valence electrons. The number of nitrogens with zero attached hydrogens (tertiary/aromatic N) is 1. The molecule has 0 saturated carbocycles. The van der Waals surface area contributed by atoms with E-state index in [1.165, 1.54) is 5.56 Å². The highest BCUT2D eigenvalue weighted by Crippen LogP contribution is 2.34. The minimum absolute atomic E-state index is 0.0326. The van der Waals surface area contributed by atoms with Crippen molar-refractivity contribution in [3.63, 3.8) is 0 Å². The van der Waals surface area contributed by atoms with Crippen molar-refractivity contribution in [2.75, 3.05) is 13.7 Å². The zero-order valence-corrected chi connectivity index (χ0v) is 9.84. The number of rotatable bonds is 3. The van der Waals surface area contributed by atoms with Gasteiger partial charge in [0.15, 0.2) is 0 Å². The molecular formula is C13H19NO2. The number of hydrogen-bond donors (Lipinski definition) is 1. The lowest BCUT2D eigenvalue weighted by atomic mass is 10.0. The molecule has 0 aliphatic carbocycles. The fraction of sp³-hybridized carbons (Fsp3) is 0.538. The Morgan fingerprint density at radius 1 is 1.31 bits per heavy atom. The summed E-state index contributed by atoms with van der Waals surface area (Å²) in [6, 6.07) is 10.6. The Morgan fingerprint density at radius 2 is 2.00 bits per heavy atom. The zero-order valence-electron chi connectivity index (χ0n) is 9.84. The summed E-state index contributed by atoms with van der Waals surface area (Å²) in [4.78, 5) is 2.19. The first-order chi connectivity index (χ1) is 7.74. The van der Waals surface area contributed by atoms with Crippen molar-refractivity contribution in [2.24, 2.45) is 0 Å². The topological polar surface area (TPSA) is 32.7 Å². The lowest BCUT2D eigenvalue weighted by Gasteiger charge is -2.20. The standard InChI is InChI=1S/C13H19NO2/c1-10-13(11-6-4-3-5-7-11)16-12(8-9-15)14(10)2/h3-7,10,12-13,15H,8-9H2,1-2H3/t10-,12?,13-/m0/s1. The number of ether oxygens (including phenoxy) is 1. The normalized spacial score (nSPS) is 30.8. The van der Waals surface area contributed by atoms with Gasteiger partial charge in [0, 0.05) is 19.1 Å². The monoisotopic (exact) mass is 221 g/mol. The fourth-order valence-electron chi connectivity index (χ4n) is 2.24. The van der Waals surface area contributed by atoms with E-state index in [0.29, 0.717) is 12.5 Å². The van der Waals surface area contributed by atoms with E-state index in [1.807, 2.05) is 25.2 Å². The minimum atomic E-state index is 0.0326. The summed E-state index contributed by atoms with van der Waals surface area (Å²) in [5.74, 6) is 0. The molecule has 3 nitrogen and oxygen atoms in total. The van der Waals surface area contributed by atoms with Crippen molar-refractivity contribution in [3.8, 4) is 0 Å². The predicted octanol–water partition coefficient (Wildman–Crippen LogP) is 1.79. The van der Waals surface area contributed by atoms with Gasteiger partial charge in [-0.05, 0) is 19.5 Å². The van der Waals surface area contributed by atoms with Crippen LogP contribution in [0.25, 0.3) is 0 Å². The number of likely N-dealkylation sites (N-methyl/N-ethyl adjacent to an activating group) is 1. The van der Waals surface area contributed by atoms with Gasteiger partial charge in [0.2, 0.25) is 0 Å². The van der Waals surface area contributed by atoms with Crippen molar-refractivity contribution in [1.82, 2.24) is 4.90 Å². The number of aliphatic hydroxyl groups excluding tert-OH is 1. The molecule has 0 aromatic heterocycles. The van der Waals surface area contributed by atoms with E-state index in [1.54, 1.807) is 0 Å². The van der Waals surface area contributed by atoms with Crippen LogP contribution in [-0.2, 0) is 4.74 Å². The highest BCUT2D eigenvalue weighted by Gasteiger charge is 2.37. The lowest BCUT2D eigenvalue weighted by Crippen LogP contribution is -2.32. The average molecular weight is 221 g/mol. The molecule has 3 atom stereocenters. The summed E-state index contributed by atoms with van der Waals surface area (Å²) in [6.45, 7) is 2.33. The summed E-state index contributed by atoms with van der Waals surface area (Å²) < 4.78 is 5.98. The number of aliphatic hydroxyl groups is 1. The molecular weight excluding hydrogens is 202 g/mol. The highest BCUT2D eigenvalue weighted by molar-refractivity contribution is 5.20. The first-order valence-electron chi connectivity index (χ1n) is 5.77. The molecule has 1 N–H and O–H groups in total. The van der Waals surface area contributed by atoms with E-state index in [0.717, 1.165) is 0 Å². The SMILES string of the molecule is C[C@H]1[C@@H](c2ccccc2)OC(CCO)N1C. The molecule has 2 rings (SSSR count). The molecule has 1 aromatic rings. The molecule has 16 heavy (non-hydrogen) atoms. The third-order valence-electron chi connectivity index (χ3n) is 3.34. The van der Waals surface area contributed by atoms with Crippen LogP contribution in [0.2, 0.25) is 0 Å². The van der Waals surface area contributed by atoms with E-state index in [2.05, 4.69) is 24.0 Å². The molecule has 1 aromatic carbocycles. The Bertz CT molecular complexity index is 328. The third-order valence-corrected chi connectivity index (χ3v) is 3.34. The maximum Gasteiger partial charge on any atom is 0.113 e. The van der Waals surface area contributed by atoms with Crippen LogP contribution >= 0.6 is 0 Å². The van der Waals surface area contributed by atoms with Crippen molar-refractivity contribution < 1.29 is 9.84 Å². The van der Waals surface area contributed by atoms with Crippen molar-refractivity contribution >= 4 is 0 Å². The first kappa shape index (κ1) is 11.6. The van der Waals surface area contributed by atoms with E-state index in [4.69, 9.17) is 9.84 Å². The van der Waals surface area contributed by atoms with Crippen LogP contribution in [0.15, 0.2) is 30.3 Å². The summed E-state index contributed by atoms with van der Waals surface area (Å²) in [6.07, 6.45) is 0.817. The van der Waals surface area contributed by atoms with Gasteiger partial charge in [0.25, 0.3) is 0 Å². The second-order valence-corrected chi connectivity index (χ2v) is 4.34. The molecule has 1 aliphatic rings. The Kier molecular flexibility index (Phi) is 3.59. The maximum absolute atomic E-state index is 8.98. The Hall–Kier alpha value is -0.900. The molecule has 3 heteroatoms. The van der Waals surface area contributed by atoms with Gasteiger partial charge in [0.05, 0.1) is 6.10 Å². The van der Waals surface area contributed by atoms with Crippen LogP contribution in [0.5, 0.6) is 0 Å². The Labute approximate surface area is 96.6 Å². The van der Waals surface area contributed by atoms with Gasteiger partial charge >= 0.3 is 0 Å². The largest absolute Gasteiger partial charge is 0.396 e. The third kappa shape index (κ3) is 2.12. The first-order valence-corrected chi connectivity index (χ1v) is 5.77. The van der Waals surface area contributed by atoms with Crippen LogP contribution in [-0.4, -0.2) is 35.9 Å². The average Bonchev–Trinajstić information content (AvgIpc) is 2.59. The molecule has 1 aliphatic heterocycles. The smallest absolute Gasteiger partial charge is 0.113 e. The highest BCUT2D eigenvalue weighted by atomic mass is 16.5. The summed E-state index contributed by atoms with van der Waals surface area (Å²) in [5.41, 5.74) is 1.21. The second-order valence-electron chi connectivity index (χ2n) is 4.34. The van der Waals surface area contributed by atoms with Gasteiger partial charge in [-0.3, -0.25) is 4.90 Å². The van der Waals surface area contributed by atoms with E-state index in [-0.39, 0.29) is 18.9 Å². The van der Waals surface area contributed by atoms with Crippen LogP contribution in [0, 0.1) is 0 Å². The van der Waals surface area contributed by atoms with Crippen LogP contribution < -0.4 is 0 Å². The van der Waals surface area contributed by atoms with E-state index >= 15 is 0 Å². The zero-order chi connectivity index (χ0) is 11.5. The summed E-state index contributed by atoms with van der Waals surface area (Å²) >= 11 is 0. The van der Waals surface area contributed by atoms with Crippen LogP contribution in [0.3, 0.4) is 0 Å². The molecule has 1 heterocycles. The molecule has 0 radical (unpaired) electrons. The van der Waals surface area contributed by atoms with E-state index < -0.39 is 0 Å². The van der Waals surface area contributed by atoms with Gasteiger partial charge in [-0.1, -0.05) is 30.3 Å². The fourth-order valence-corrected chi connectivity index (χ4v) is 2.24. The Morgan fingerprint density at radius 3 is 2.62 bits per heavy atom. The number of benzene rings is 1. The van der Waals surface area contributed by atoms with Gasteiger partial charge in [0.1, 0.15) is 6.23 Å². The van der Waals surface area contributed by atoms with Gasteiger partial charge in [-0.25, -0.2) is 0 Å². The molecule has 1 unspecified atom stereocenters. The van der Waals surface area contributed by atoms with Gasteiger partial charge in [-0.15, -0.1) is 0 Å². The quantitative estimate of drug-likeness (QED) is 0.844. The minimum Gasteiger partial charge on any atom is -0.396 e. The van der Waals surface area contributed by atoms with Crippen LogP contribution in [0.4, 0.5) is 0 Å². The molecule has 1 saturated heterocycles. The van der Waals surface area contributed by atoms with Crippen LogP contribution in [0.1, 0.15) is 25.0 Å². The molecule has 0 amide bonds. The van der Waals surface area contributed by atoms with Gasteiger partial charge < -0.3 is 9.84 Å². The second kappa shape index (κ2) is 4.95. The summed E-state index contributed by atoms with van der Waals surface area (Å²) in [5, 5.41) is 8.98. The van der Waals surface area contributed by atoms with Gasteiger partial charge in [-0.2, -0.15) is 0 Å². The maximum atomic E-state index is 8.98. The Balaban J connectivity index is 2.13. The van der Waals surface area contributed by atoms with Crippen molar-refractivity contribution in [1.29, 1.82) is 0 Å². The number of hydrogen-bond acceptors (Lipinski definition) is 3. The van der Waals surface area contributed by atoms with Crippen molar-refractivity contribution in [2.45, 2.75) is 31.7 Å². The molecule has 0 spiro atoms. The molecule has 1 fully saturated rings. The summed E-state index contributed by atoms with van der Waals surface area (Å²) in [7, 11) is 2.05. The van der Waals surface area contributed by atoms with Crippen molar-refractivity contribution in [3.05, 3.63) is 35.9 Å². The lowest BCUT2D eigenvalue weighted by molar-refractivity contribution is -0.00773. The van der Waals surface area contributed by atoms with E-state index in [9.17, 15) is 0 Å². The molecule has 0 bridgehead atoms. The predicted molar refractivity (Wildman–Crippen MR) is 63.0 cm³/mol.